The summed E-state index contributed by atoms with van der Waals surface area (Å²) in [4.78, 5) is 12.4. The van der Waals surface area contributed by atoms with E-state index in [4.69, 9.17) is 14.2 Å². The molecular weight excluding hydrogens is 384 g/mol. The van der Waals surface area contributed by atoms with Crippen molar-refractivity contribution in [1.82, 2.24) is 4.57 Å². The van der Waals surface area contributed by atoms with Crippen LogP contribution >= 0.6 is 0 Å². The first kappa shape index (κ1) is 21.5. The SMILES string of the molecule is CCOC(=O)c1c(C)n(C)c2ccc(OC[C@@H](O)CNc3ccc(OC)cc3)cc12. The molecule has 0 bridgehead atoms. The molecule has 160 valence electrons. The Labute approximate surface area is 176 Å². The second-order valence-electron chi connectivity index (χ2n) is 6.99. The number of benzene rings is 2. The number of anilines is 1. The Morgan fingerprint density at radius 3 is 2.53 bits per heavy atom. The Balaban J connectivity index is 1.65. The molecular formula is C23H28N2O5. The lowest BCUT2D eigenvalue weighted by Gasteiger charge is -2.14. The number of fused-ring (bicyclic) bond motifs is 1. The van der Waals surface area contributed by atoms with Crippen LogP contribution in [0, 0.1) is 6.92 Å². The monoisotopic (exact) mass is 412 g/mol. The van der Waals surface area contributed by atoms with Crippen molar-refractivity contribution < 1.29 is 24.1 Å². The van der Waals surface area contributed by atoms with Gasteiger partial charge < -0.3 is 29.2 Å². The molecule has 0 unspecified atom stereocenters. The summed E-state index contributed by atoms with van der Waals surface area (Å²) in [6.07, 6.45) is -0.704. The van der Waals surface area contributed by atoms with E-state index in [2.05, 4.69) is 5.32 Å². The van der Waals surface area contributed by atoms with Gasteiger partial charge in [-0.3, -0.25) is 0 Å². The number of ether oxygens (including phenoxy) is 3. The van der Waals surface area contributed by atoms with Crippen molar-refractivity contribution in [2.45, 2.75) is 20.0 Å². The van der Waals surface area contributed by atoms with Crippen molar-refractivity contribution in [2.24, 2.45) is 7.05 Å². The fraction of sp³-hybridized carbons (Fsp3) is 0.348. The van der Waals surface area contributed by atoms with E-state index in [1.54, 1.807) is 14.0 Å². The first-order chi connectivity index (χ1) is 14.4. The number of aryl methyl sites for hydroxylation is 1. The van der Waals surface area contributed by atoms with Crippen LogP contribution in [0.5, 0.6) is 11.5 Å². The highest BCUT2D eigenvalue weighted by Crippen LogP contribution is 2.29. The van der Waals surface area contributed by atoms with E-state index >= 15 is 0 Å². The molecule has 2 aromatic carbocycles. The molecule has 30 heavy (non-hydrogen) atoms. The summed E-state index contributed by atoms with van der Waals surface area (Å²) in [7, 11) is 3.53. The van der Waals surface area contributed by atoms with Crippen molar-refractivity contribution in [3.63, 3.8) is 0 Å². The molecule has 0 aliphatic heterocycles. The molecule has 0 fully saturated rings. The predicted octanol–water partition coefficient (Wildman–Crippen LogP) is 3.52. The van der Waals surface area contributed by atoms with E-state index in [0.29, 0.717) is 24.5 Å². The highest BCUT2D eigenvalue weighted by atomic mass is 16.5. The van der Waals surface area contributed by atoms with Crippen LogP contribution in [-0.2, 0) is 11.8 Å². The number of aromatic nitrogens is 1. The summed E-state index contributed by atoms with van der Waals surface area (Å²) < 4.78 is 18.1. The van der Waals surface area contributed by atoms with Gasteiger partial charge in [0.25, 0.3) is 0 Å². The minimum atomic E-state index is -0.704. The zero-order valence-electron chi connectivity index (χ0n) is 17.8. The molecule has 7 nitrogen and oxygen atoms in total. The molecule has 1 aromatic heterocycles. The Morgan fingerprint density at radius 2 is 1.87 bits per heavy atom. The third-order valence-electron chi connectivity index (χ3n) is 5.02. The van der Waals surface area contributed by atoms with Gasteiger partial charge in [0.05, 0.1) is 19.3 Å². The van der Waals surface area contributed by atoms with Gasteiger partial charge in [-0.05, 0) is 56.3 Å². The van der Waals surface area contributed by atoms with Crippen molar-refractivity contribution in [3.05, 3.63) is 53.7 Å². The number of aliphatic hydroxyl groups excluding tert-OH is 1. The molecule has 2 N–H and O–H groups in total. The fourth-order valence-corrected chi connectivity index (χ4v) is 3.30. The maximum Gasteiger partial charge on any atom is 0.340 e. The zero-order chi connectivity index (χ0) is 21.7. The minimum absolute atomic E-state index is 0.120. The molecule has 0 saturated carbocycles. The van der Waals surface area contributed by atoms with Gasteiger partial charge in [-0.25, -0.2) is 4.79 Å². The lowest BCUT2D eigenvalue weighted by molar-refractivity contribution is 0.0527. The molecule has 1 heterocycles. The fourth-order valence-electron chi connectivity index (χ4n) is 3.30. The number of rotatable bonds is 9. The molecule has 0 spiro atoms. The van der Waals surface area contributed by atoms with Crippen molar-refractivity contribution in [2.75, 3.05) is 32.2 Å². The van der Waals surface area contributed by atoms with Gasteiger partial charge in [0.1, 0.15) is 24.2 Å². The van der Waals surface area contributed by atoms with Gasteiger partial charge in [0, 0.05) is 35.9 Å². The average Bonchev–Trinajstić information content (AvgIpc) is 3.01. The summed E-state index contributed by atoms with van der Waals surface area (Å²) in [5.74, 6) is 1.02. The summed E-state index contributed by atoms with van der Waals surface area (Å²) in [6.45, 7) is 4.45. The number of carbonyl (C=O) groups is 1. The third kappa shape index (κ3) is 4.68. The van der Waals surface area contributed by atoms with E-state index in [9.17, 15) is 9.90 Å². The summed E-state index contributed by atoms with van der Waals surface area (Å²) in [6, 6.07) is 13.0. The topological polar surface area (TPSA) is 82.0 Å². The highest BCUT2D eigenvalue weighted by molar-refractivity contribution is 6.06. The lowest BCUT2D eigenvalue weighted by Crippen LogP contribution is -2.26. The maximum absolute atomic E-state index is 12.4. The molecule has 1 atom stereocenters. The normalized spacial score (nSPS) is 11.9. The van der Waals surface area contributed by atoms with E-state index in [1.807, 2.05) is 61.0 Å². The Morgan fingerprint density at radius 1 is 1.17 bits per heavy atom. The molecule has 3 aromatic rings. The van der Waals surface area contributed by atoms with Crippen LogP contribution in [0.25, 0.3) is 10.9 Å². The molecule has 0 aliphatic rings. The van der Waals surface area contributed by atoms with Gasteiger partial charge in [-0.2, -0.15) is 0 Å². The Kier molecular flexibility index (Phi) is 6.84. The number of nitrogens with zero attached hydrogens (tertiary/aromatic N) is 1. The van der Waals surface area contributed by atoms with Crippen LogP contribution in [0.3, 0.4) is 0 Å². The first-order valence-corrected chi connectivity index (χ1v) is 9.89. The zero-order valence-corrected chi connectivity index (χ0v) is 17.8. The number of esters is 1. The molecule has 0 radical (unpaired) electrons. The van der Waals surface area contributed by atoms with Crippen LogP contribution < -0.4 is 14.8 Å². The number of nitrogens with one attached hydrogen (secondary N) is 1. The van der Waals surface area contributed by atoms with Crippen molar-refractivity contribution in [3.8, 4) is 11.5 Å². The largest absolute Gasteiger partial charge is 0.497 e. The number of aliphatic hydroxyl groups is 1. The van der Waals surface area contributed by atoms with Gasteiger partial charge in [-0.15, -0.1) is 0 Å². The molecule has 3 rings (SSSR count). The second kappa shape index (κ2) is 9.54. The van der Waals surface area contributed by atoms with Crippen LogP contribution in [0.15, 0.2) is 42.5 Å². The first-order valence-electron chi connectivity index (χ1n) is 9.89. The van der Waals surface area contributed by atoms with Crippen molar-refractivity contribution in [1.29, 1.82) is 0 Å². The van der Waals surface area contributed by atoms with E-state index in [-0.39, 0.29) is 12.6 Å². The predicted molar refractivity (Wildman–Crippen MR) is 117 cm³/mol. The van der Waals surface area contributed by atoms with Gasteiger partial charge in [0.2, 0.25) is 0 Å². The maximum atomic E-state index is 12.4. The van der Waals surface area contributed by atoms with Crippen LogP contribution in [0.1, 0.15) is 23.0 Å². The van der Waals surface area contributed by atoms with Gasteiger partial charge in [0.15, 0.2) is 0 Å². The Hall–Kier alpha value is -3.19. The van der Waals surface area contributed by atoms with Crippen LogP contribution in [0.4, 0.5) is 5.69 Å². The molecule has 0 aliphatic carbocycles. The highest BCUT2D eigenvalue weighted by Gasteiger charge is 2.20. The second-order valence-corrected chi connectivity index (χ2v) is 6.99. The molecule has 7 heteroatoms. The van der Waals surface area contributed by atoms with E-state index < -0.39 is 6.10 Å². The van der Waals surface area contributed by atoms with Crippen LogP contribution in [0.2, 0.25) is 0 Å². The minimum Gasteiger partial charge on any atom is -0.497 e. The van der Waals surface area contributed by atoms with Crippen LogP contribution in [-0.4, -0.2) is 48.6 Å². The lowest BCUT2D eigenvalue weighted by atomic mass is 10.1. The summed E-state index contributed by atoms with van der Waals surface area (Å²) >= 11 is 0. The number of hydrogen-bond acceptors (Lipinski definition) is 6. The summed E-state index contributed by atoms with van der Waals surface area (Å²) in [5.41, 5.74) is 3.19. The van der Waals surface area contributed by atoms with Gasteiger partial charge in [-0.1, -0.05) is 0 Å². The third-order valence-corrected chi connectivity index (χ3v) is 5.02. The van der Waals surface area contributed by atoms with Crippen molar-refractivity contribution >= 4 is 22.6 Å². The quantitative estimate of drug-likeness (QED) is 0.524. The molecule has 0 saturated heterocycles. The number of hydrogen-bond donors (Lipinski definition) is 2. The number of methoxy groups -OCH3 is 1. The van der Waals surface area contributed by atoms with E-state index in [0.717, 1.165) is 28.0 Å². The summed E-state index contributed by atoms with van der Waals surface area (Å²) in [5, 5.41) is 14.2. The standard InChI is InChI=1S/C23H28N2O5/c1-5-29-23(27)22-15(2)25(3)21-11-10-19(12-20(21)22)30-14-17(26)13-24-16-6-8-18(28-4)9-7-16/h6-12,17,24,26H,5,13-14H2,1-4H3/t17-/m0/s1. The Bertz CT molecular complexity index is 1010. The van der Waals surface area contributed by atoms with Gasteiger partial charge >= 0.3 is 5.97 Å². The average molecular weight is 412 g/mol. The van der Waals surface area contributed by atoms with E-state index in [1.165, 1.54) is 0 Å². The number of carbonyl (C=O) groups excluding carboxylic acids is 1. The molecule has 0 amide bonds. The smallest absolute Gasteiger partial charge is 0.340 e.